The van der Waals surface area contributed by atoms with Crippen molar-refractivity contribution in [3.63, 3.8) is 0 Å². The molecule has 1 aromatic rings. The lowest BCUT2D eigenvalue weighted by atomic mass is 9.89. The van der Waals surface area contributed by atoms with Gasteiger partial charge in [0.2, 0.25) is 0 Å². The predicted molar refractivity (Wildman–Crippen MR) is 111 cm³/mol. The molecule has 0 amide bonds. The molecule has 1 aliphatic carbocycles. The van der Waals surface area contributed by atoms with E-state index in [0.29, 0.717) is 19.3 Å². The maximum Gasteiger partial charge on any atom is 0.416 e. The number of carbonyl (C=O) groups is 1. The van der Waals surface area contributed by atoms with Gasteiger partial charge in [-0.25, -0.2) is 0 Å². The van der Waals surface area contributed by atoms with Gasteiger partial charge >= 0.3 is 12.1 Å². The minimum atomic E-state index is -4.49. The van der Waals surface area contributed by atoms with Gasteiger partial charge in [-0.05, 0) is 43.4 Å². The summed E-state index contributed by atoms with van der Waals surface area (Å²) in [6.07, 6.45) is 1.48. The Morgan fingerprint density at radius 2 is 1.97 bits per heavy atom. The number of rotatable bonds is 11. The first-order valence-corrected chi connectivity index (χ1v) is 10.5. The third-order valence-electron chi connectivity index (χ3n) is 5.39. The van der Waals surface area contributed by atoms with Gasteiger partial charge in [-0.15, -0.1) is 0 Å². The van der Waals surface area contributed by atoms with E-state index >= 15 is 0 Å². The lowest BCUT2D eigenvalue weighted by molar-refractivity contribution is -0.138. The first-order valence-electron chi connectivity index (χ1n) is 10.5. The summed E-state index contributed by atoms with van der Waals surface area (Å²) in [5.41, 5.74) is -0.845. The van der Waals surface area contributed by atoms with Gasteiger partial charge in [-0.2, -0.15) is 13.2 Å². The Kier molecular flexibility index (Phi) is 9.74. The fourth-order valence-corrected chi connectivity index (χ4v) is 3.70. The number of halogens is 3. The zero-order chi connectivity index (χ0) is 23.7. The van der Waals surface area contributed by atoms with Crippen LogP contribution in [0, 0.1) is 11.8 Å². The van der Waals surface area contributed by atoms with Gasteiger partial charge in [-0.1, -0.05) is 30.4 Å². The van der Waals surface area contributed by atoms with Crippen LogP contribution in [0.25, 0.3) is 0 Å². The number of benzene rings is 1. The molecule has 1 fully saturated rings. The van der Waals surface area contributed by atoms with E-state index < -0.39 is 41.9 Å². The van der Waals surface area contributed by atoms with Crippen LogP contribution in [0.15, 0.2) is 48.6 Å². The van der Waals surface area contributed by atoms with Crippen LogP contribution in [0.4, 0.5) is 13.2 Å². The molecule has 4 N–H and O–H groups in total. The third-order valence-corrected chi connectivity index (χ3v) is 5.39. The van der Waals surface area contributed by atoms with Crippen molar-refractivity contribution < 1.29 is 43.1 Å². The molecule has 0 spiro atoms. The van der Waals surface area contributed by atoms with Crippen LogP contribution in [0.5, 0.6) is 5.75 Å². The number of carboxylic acids is 1. The zero-order valence-corrected chi connectivity index (χ0v) is 17.5. The number of allylic oxidation sites excluding steroid dienone is 2. The lowest BCUT2D eigenvalue weighted by Gasteiger charge is -2.19. The van der Waals surface area contributed by atoms with Gasteiger partial charge in [0, 0.05) is 18.8 Å². The van der Waals surface area contributed by atoms with E-state index in [9.17, 15) is 33.3 Å². The highest BCUT2D eigenvalue weighted by Crippen LogP contribution is 2.36. The molecular weight excluding hydrogens is 429 g/mol. The van der Waals surface area contributed by atoms with E-state index in [2.05, 4.69) is 0 Å². The number of hydrogen-bond acceptors (Lipinski definition) is 5. The summed E-state index contributed by atoms with van der Waals surface area (Å²) < 4.78 is 43.5. The summed E-state index contributed by atoms with van der Waals surface area (Å²) in [6.45, 7) is -0.267. The number of alkyl halides is 3. The number of hydrogen-bond donors (Lipinski definition) is 4. The molecule has 0 radical (unpaired) electrons. The maximum atomic E-state index is 12.8. The molecule has 0 aromatic heterocycles. The number of aliphatic hydroxyl groups is 3. The second kappa shape index (κ2) is 12.0. The summed E-state index contributed by atoms with van der Waals surface area (Å²) in [7, 11) is 0. The third kappa shape index (κ3) is 8.29. The van der Waals surface area contributed by atoms with Crippen molar-refractivity contribution >= 4 is 5.97 Å². The summed E-state index contributed by atoms with van der Waals surface area (Å²) >= 11 is 0. The van der Waals surface area contributed by atoms with Crippen molar-refractivity contribution in [2.24, 2.45) is 11.8 Å². The molecule has 32 heavy (non-hydrogen) atoms. The number of ether oxygens (including phenoxy) is 1. The SMILES string of the molecule is O=C(O)CCC/C=C/C[C@@H]1[C@@H](C=C[C@H](O)COc2cccc(C(F)(F)F)c2)[C@H](O)C[C@@H]1O. The van der Waals surface area contributed by atoms with Crippen LogP contribution in [0.3, 0.4) is 0 Å². The van der Waals surface area contributed by atoms with Crippen molar-refractivity contribution in [2.45, 2.75) is 56.6 Å². The molecule has 1 saturated carbocycles. The Balaban J connectivity index is 1.87. The Labute approximate surface area is 184 Å². The van der Waals surface area contributed by atoms with Crippen molar-refractivity contribution in [2.75, 3.05) is 6.61 Å². The van der Waals surface area contributed by atoms with Crippen LogP contribution >= 0.6 is 0 Å². The molecule has 0 aliphatic heterocycles. The van der Waals surface area contributed by atoms with E-state index in [-0.39, 0.29) is 31.1 Å². The van der Waals surface area contributed by atoms with Gasteiger partial charge < -0.3 is 25.2 Å². The monoisotopic (exact) mass is 458 g/mol. The van der Waals surface area contributed by atoms with Crippen LogP contribution < -0.4 is 4.74 Å². The molecule has 9 heteroatoms. The largest absolute Gasteiger partial charge is 0.491 e. The van der Waals surface area contributed by atoms with Crippen LogP contribution in [0.1, 0.15) is 37.7 Å². The molecule has 6 nitrogen and oxygen atoms in total. The van der Waals surface area contributed by atoms with Crippen molar-refractivity contribution in [3.8, 4) is 5.75 Å². The Morgan fingerprint density at radius 1 is 1.22 bits per heavy atom. The quantitative estimate of drug-likeness (QED) is 0.298. The fourth-order valence-electron chi connectivity index (χ4n) is 3.70. The van der Waals surface area contributed by atoms with Gasteiger partial charge in [0.1, 0.15) is 18.5 Å². The zero-order valence-electron chi connectivity index (χ0n) is 17.5. The molecule has 0 bridgehead atoms. The summed E-state index contributed by atoms with van der Waals surface area (Å²) in [5.74, 6) is -1.55. The average Bonchev–Trinajstić information content (AvgIpc) is 2.99. The maximum absolute atomic E-state index is 12.8. The predicted octanol–water partition coefficient (Wildman–Crippen LogP) is 3.56. The van der Waals surface area contributed by atoms with Crippen molar-refractivity contribution in [1.82, 2.24) is 0 Å². The topological polar surface area (TPSA) is 107 Å². The molecular formula is C23H29F3O6. The number of aliphatic hydroxyl groups excluding tert-OH is 3. The Bertz CT molecular complexity index is 792. The van der Waals surface area contributed by atoms with E-state index in [1.807, 2.05) is 12.2 Å². The fraction of sp³-hybridized carbons (Fsp3) is 0.522. The highest BCUT2D eigenvalue weighted by atomic mass is 19.4. The van der Waals surface area contributed by atoms with E-state index in [0.717, 1.165) is 12.1 Å². The first kappa shape index (κ1) is 25.9. The Hall–Kier alpha value is -2.36. The van der Waals surface area contributed by atoms with Crippen LogP contribution in [-0.2, 0) is 11.0 Å². The van der Waals surface area contributed by atoms with Gasteiger partial charge in [0.25, 0.3) is 0 Å². The molecule has 5 atom stereocenters. The molecule has 0 saturated heterocycles. The lowest BCUT2D eigenvalue weighted by Crippen LogP contribution is -2.21. The molecule has 2 rings (SSSR count). The number of unbranched alkanes of at least 4 members (excludes halogenated alkanes) is 1. The molecule has 178 valence electrons. The summed E-state index contributed by atoms with van der Waals surface area (Å²) in [4.78, 5) is 10.5. The first-order chi connectivity index (χ1) is 15.1. The van der Waals surface area contributed by atoms with E-state index in [1.165, 1.54) is 18.2 Å². The smallest absolute Gasteiger partial charge is 0.416 e. The molecule has 1 aliphatic rings. The average molecular weight is 458 g/mol. The molecule has 1 aromatic carbocycles. The number of aliphatic carboxylic acids is 1. The van der Waals surface area contributed by atoms with Crippen molar-refractivity contribution in [1.29, 1.82) is 0 Å². The van der Waals surface area contributed by atoms with Crippen molar-refractivity contribution in [3.05, 3.63) is 54.1 Å². The minimum Gasteiger partial charge on any atom is -0.491 e. The highest BCUT2D eigenvalue weighted by Gasteiger charge is 2.39. The molecule has 0 unspecified atom stereocenters. The highest BCUT2D eigenvalue weighted by molar-refractivity contribution is 5.66. The van der Waals surface area contributed by atoms with E-state index in [4.69, 9.17) is 9.84 Å². The standard InChI is InChI=1S/C23H29F3O6/c24-23(25,26)15-6-5-7-17(12-15)32-14-16(27)10-11-19-18(20(28)13-21(19)29)8-3-1-2-4-9-22(30)31/h1,3,5-7,10-12,16,18-21,27-29H,2,4,8-9,13-14H2,(H,30,31)/b3-1+,11-10?/t16-,18+,19+,20-,21+/m0/s1. The second-order valence-electron chi connectivity index (χ2n) is 7.89. The van der Waals surface area contributed by atoms with Crippen LogP contribution in [0.2, 0.25) is 0 Å². The van der Waals surface area contributed by atoms with Gasteiger partial charge in [0.15, 0.2) is 0 Å². The van der Waals surface area contributed by atoms with Crippen LogP contribution in [-0.4, -0.2) is 51.3 Å². The number of carboxylic acid groups (broad SMARTS) is 1. The second-order valence-corrected chi connectivity index (χ2v) is 7.89. The summed E-state index contributed by atoms with van der Waals surface area (Å²) in [5, 5.41) is 39.2. The molecule has 0 heterocycles. The normalized spacial score (nSPS) is 24.9. The minimum absolute atomic E-state index is 0.0190. The van der Waals surface area contributed by atoms with Gasteiger partial charge in [-0.3, -0.25) is 4.79 Å². The summed E-state index contributed by atoms with van der Waals surface area (Å²) in [6, 6.07) is 4.36. The van der Waals surface area contributed by atoms with Gasteiger partial charge in [0.05, 0.1) is 17.8 Å². The Morgan fingerprint density at radius 3 is 2.66 bits per heavy atom. The van der Waals surface area contributed by atoms with E-state index in [1.54, 1.807) is 6.08 Å².